The normalized spacial score (nSPS) is 13.5. The summed E-state index contributed by atoms with van der Waals surface area (Å²) in [5.74, 6) is 0. The van der Waals surface area contributed by atoms with E-state index in [9.17, 15) is 0 Å². The highest BCUT2D eigenvalue weighted by Crippen LogP contribution is 2.21. The van der Waals surface area contributed by atoms with E-state index in [1.807, 2.05) is 6.07 Å². The molecule has 1 unspecified atom stereocenters. The Morgan fingerprint density at radius 1 is 1.16 bits per heavy atom. The van der Waals surface area contributed by atoms with Crippen molar-refractivity contribution in [3.8, 4) is 0 Å². The molecule has 0 saturated heterocycles. The largest absolute Gasteiger partial charge is 0.397 e. The predicted molar refractivity (Wildman–Crippen MR) is 81.0 cm³/mol. The molecule has 0 aliphatic carbocycles. The smallest absolute Gasteiger partial charge is 0.354 e. The minimum Gasteiger partial charge on any atom is -0.397 e. The SMILES string of the molecule is CO[Si](CCCc1ccccc1)(OC)C(N)CCN. The second-order valence-corrected chi connectivity index (χ2v) is 8.42. The lowest BCUT2D eigenvalue weighted by Crippen LogP contribution is -2.57. The van der Waals surface area contributed by atoms with Crippen LogP contribution in [0.1, 0.15) is 18.4 Å². The summed E-state index contributed by atoms with van der Waals surface area (Å²) in [4.78, 5) is 0. The maximum Gasteiger partial charge on any atom is 0.354 e. The third-order valence-corrected chi connectivity index (χ3v) is 7.42. The van der Waals surface area contributed by atoms with Gasteiger partial charge in [0.1, 0.15) is 0 Å². The molecule has 0 saturated carbocycles. The van der Waals surface area contributed by atoms with Gasteiger partial charge in [-0.25, -0.2) is 0 Å². The van der Waals surface area contributed by atoms with Gasteiger partial charge in [0.05, 0.1) is 0 Å². The minimum atomic E-state index is -2.32. The zero-order valence-corrected chi connectivity index (χ0v) is 13.0. The van der Waals surface area contributed by atoms with E-state index in [1.54, 1.807) is 14.2 Å². The Morgan fingerprint density at radius 2 is 1.79 bits per heavy atom. The highest BCUT2D eigenvalue weighted by atomic mass is 28.4. The van der Waals surface area contributed by atoms with E-state index in [4.69, 9.17) is 20.3 Å². The summed E-state index contributed by atoms with van der Waals surface area (Å²) < 4.78 is 11.4. The second-order valence-electron chi connectivity index (χ2n) is 4.74. The molecule has 0 radical (unpaired) electrons. The molecule has 0 fully saturated rings. The van der Waals surface area contributed by atoms with E-state index >= 15 is 0 Å². The molecule has 4 N–H and O–H groups in total. The predicted octanol–water partition coefficient (Wildman–Crippen LogP) is 1.57. The Labute approximate surface area is 117 Å². The molecule has 1 aromatic rings. The fourth-order valence-electron chi connectivity index (χ4n) is 2.36. The van der Waals surface area contributed by atoms with Crippen molar-refractivity contribution in [2.45, 2.75) is 31.0 Å². The Kier molecular flexibility index (Phi) is 7.26. The van der Waals surface area contributed by atoms with Crippen LogP contribution in [0, 0.1) is 0 Å². The lowest BCUT2D eigenvalue weighted by atomic mass is 10.1. The minimum absolute atomic E-state index is 0.0664. The van der Waals surface area contributed by atoms with E-state index in [0.29, 0.717) is 6.54 Å². The van der Waals surface area contributed by atoms with Crippen LogP contribution in [0.5, 0.6) is 0 Å². The number of benzene rings is 1. The van der Waals surface area contributed by atoms with Crippen LogP contribution >= 0.6 is 0 Å². The molecule has 4 nitrogen and oxygen atoms in total. The number of nitrogens with two attached hydrogens (primary N) is 2. The van der Waals surface area contributed by atoms with Gasteiger partial charge in [0.2, 0.25) is 0 Å². The summed E-state index contributed by atoms with van der Waals surface area (Å²) in [6.45, 7) is 0.571. The third-order valence-electron chi connectivity index (χ3n) is 3.57. The molecular weight excluding hydrogens is 256 g/mol. The van der Waals surface area contributed by atoms with Crippen molar-refractivity contribution < 1.29 is 8.85 Å². The van der Waals surface area contributed by atoms with Gasteiger partial charge in [0.15, 0.2) is 0 Å². The molecule has 1 rings (SSSR count). The van der Waals surface area contributed by atoms with Gasteiger partial charge in [-0.3, -0.25) is 0 Å². The summed E-state index contributed by atoms with van der Waals surface area (Å²) in [5.41, 5.74) is 13.1. The molecule has 0 aromatic heterocycles. The first-order valence-corrected chi connectivity index (χ1v) is 8.88. The van der Waals surface area contributed by atoms with Crippen molar-refractivity contribution in [2.24, 2.45) is 11.5 Å². The number of hydrogen-bond donors (Lipinski definition) is 2. The molecule has 1 aromatic carbocycles. The highest BCUT2D eigenvalue weighted by Gasteiger charge is 2.41. The molecule has 0 heterocycles. The molecule has 1 atom stereocenters. The fourth-order valence-corrected chi connectivity index (χ4v) is 5.19. The zero-order valence-electron chi connectivity index (χ0n) is 12.0. The molecule has 0 amide bonds. The number of aryl methyl sites for hydroxylation is 1. The van der Waals surface area contributed by atoms with E-state index in [1.165, 1.54) is 5.56 Å². The molecule has 108 valence electrons. The highest BCUT2D eigenvalue weighted by molar-refractivity contribution is 6.69. The fraction of sp³-hybridized carbons (Fsp3) is 0.571. The Morgan fingerprint density at radius 3 is 2.32 bits per heavy atom. The maximum atomic E-state index is 6.20. The van der Waals surface area contributed by atoms with Crippen molar-refractivity contribution in [2.75, 3.05) is 20.8 Å². The molecule has 0 aliphatic heterocycles. The van der Waals surface area contributed by atoms with Crippen molar-refractivity contribution in [3.05, 3.63) is 35.9 Å². The van der Waals surface area contributed by atoms with Gasteiger partial charge in [-0.15, -0.1) is 0 Å². The van der Waals surface area contributed by atoms with E-state index in [0.717, 1.165) is 25.3 Å². The first-order chi connectivity index (χ1) is 9.18. The average Bonchev–Trinajstić information content (AvgIpc) is 2.45. The van der Waals surface area contributed by atoms with Crippen molar-refractivity contribution in [1.29, 1.82) is 0 Å². The Balaban J connectivity index is 2.54. The van der Waals surface area contributed by atoms with Crippen LogP contribution in [0.2, 0.25) is 6.04 Å². The number of rotatable bonds is 9. The molecule has 0 bridgehead atoms. The van der Waals surface area contributed by atoms with Gasteiger partial charge >= 0.3 is 8.56 Å². The lowest BCUT2D eigenvalue weighted by molar-refractivity contribution is 0.227. The zero-order chi connectivity index (χ0) is 14.1. The van der Waals surface area contributed by atoms with Crippen LogP contribution in [0.25, 0.3) is 0 Å². The van der Waals surface area contributed by atoms with Crippen LogP contribution in [0.3, 0.4) is 0 Å². The van der Waals surface area contributed by atoms with Crippen LogP contribution in [0.4, 0.5) is 0 Å². The summed E-state index contributed by atoms with van der Waals surface area (Å²) >= 11 is 0. The summed E-state index contributed by atoms with van der Waals surface area (Å²) in [6.07, 6.45) is 2.80. The standard InChI is InChI=1S/C14H26N2O2Si/c1-17-19(18-2,14(16)10-11-15)12-6-9-13-7-4-3-5-8-13/h3-5,7-8,14H,6,9-12,15-16H2,1-2H3. The van der Waals surface area contributed by atoms with Gasteiger partial charge in [-0.2, -0.15) is 0 Å². The average molecular weight is 282 g/mol. The first kappa shape index (κ1) is 16.3. The molecule has 0 aliphatic rings. The Hall–Kier alpha value is -0.723. The first-order valence-electron chi connectivity index (χ1n) is 6.78. The maximum absolute atomic E-state index is 6.20. The van der Waals surface area contributed by atoms with Gasteiger partial charge in [-0.05, 0) is 37.4 Å². The van der Waals surface area contributed by atoms with Crippen LogP contribution in [0.15, 0.2) is 30.3 Å². The summed E-state index contributed by atoms with van der Waals surface area (Å²) in [6, 6.07) is 11.3. The monoisotopic (exact) mass is 282 g/mol. The topological polar surface area (TPSA) is 70.5 Å². The van der Waals surface area contributed by atoms with E-state index in [2.05, 4.69) is 24.3 Å². The molecule has 19 heavy (non-hydrogen) atoms. The molecule has 5 heteroatoms. The van der Waals surface area contributed by atoms with Gasteiger partial charge < -0.3 is 20.3 Å². The second kappa shape index (κ2) is 8.45. The van der Waals surface area contributed by atoms with Gasteiger partial charge in [0.25, 0.3) is 0 Å². The van der Waals surface area contributed by atoms with E-state index < -0.39 is 8.56 Å². The van der Waals surface area contributed by atoms with Crippen LogP contribution in [-0.4, -0.2) is 35.0 Å². The number of hydrogen-bond acceptors (Lipinski definition) is 4. The van der Waals surface area contributed by atoms with Crippen LogP contribution in [-0.2, 0) is 15.3 Å². The van der Waals surface area contributed by atoms with Gasteiger partial charge in [0, 0.05) is 19.9 Å². The lowest BCUT2D eigenvalue weighted by Gasteiger charge is -2.32. The van der Waals surface area contributed by atoms with E-state index in [-0.39, 0.29) is 5.67 Å². The van der Waals surface area contributed by atoms with Crippen molar-refractivity contribution >= 4 is 8.56 Å². The summed E-state index contributed by atoms with van der Waals surface area (Å²) in [7, 11) is 1.08. The molecule has 0 spiro atoms. The third kappa shape index (κ3) is 4.70. The van der Waals surface area contributed by atoms with Crippen LogP contribution < -0.4 is 11.5 Å². The Bertz CT molecular complexity index is 345. The van der Waals surface area contributed by atoms with Gasteiger partial charge in [-0.1, -0.05) is 30.3 Å². The quantitative estimate of drug-likeness (QED) is 0.675. The van der Waals surface area contributed by atoms with Crippen molar-refractivity contribution in [3.63, 3.8) is 0 Å². The molecular formula is C14H26N2O2Si. The van der Waals surface area contributed by atoms with Crippen molar-refractivity contribution in [1.82, 2.24) is 0 Å². The summed E-state index contributed by atoms with van der Waals surface area (Å²) in [5, 5.41) is 0.